The van der Waals surface area contributed by atoms with Crippen LogP contribution in [0.2, 0.25) is 0 Å². The van der Waals surface area contributed by atoms with Gasteiger partial charge in [-0.1, -0.05) is 13.3 Å². The fourth-order valence-electron chi connectivity index (χ4n) is 2.03. The van der Waals surface area contributed by atoms with Gasteiger partial charge >= 0.3 is 0 Å². The van der Waals surface area contributed by atoms with Crippen molar-refractivity contribution in [2.45, 2.75) is 44.2 Å². The van der Waals surface area contributed by atoms with Gasteiger partial charge in [0.2, 0.25) is 10.0 Å². The number of aliphatic hydroxyl groups is 1. The molecule has 1 aliphatic carbocycles. The van der Waals surface area contributed by atoms with Crippen LogP contribution in [0.1, 0.15) is 31.2 Å². The highest BCUT2D eigenvalue weighted by Crippen LogP contribution is 2.34. The van der Waals surface area contributed by atoms with Crippen LogP contribution >= 0.6 is 0 Å². The van der Waals surface area contributed by atoms with E-state index >= 15 is 0 Å². The van der Waals surface area contributed by atoms with E-state index in [9.17, 15) is 8.42 Å². The van der Waals surface area contributed by atoms with Gasteiger partial charge in [-0.3, -0.25) is 5.10 Å². The van der Waals surface area contributed by atoms with Crippen molar-refractivity contribution in [1.82, 2.24) is 14.9 Å². The van der Waals surface area contributed by atoms with Gasteiger partial charge in [0.1, 0.15) is 10.6 Å². The molecule has 7 heteroatoms. The van der Waals surface area contributed by atoms with E-state index < -0.39 is 10.0 Å². The second kappa shape index (κ2) is 4.40. The molecule has 1 saturated carbocycles. The molecule has 1 aromatic rings. The minimum absolute atomic E-state index is 0.0332. The summed E-state index contributed by atoms with van der Waals surface area (Å²) in [5, 5.41) is 15.4. The summed E-state index contributed by atoms with van der Waals surface area (Å²) in [4.78, 5) is 0.0850. The molecule has 1 aliphatic rings. The molecular weight excluding hydrogens is 242 g/mol. The molecule has 0 radical (unpaired) electrons. The maximum atomic E-state index is 12.1. The molecule has 17 heavy (non-hydrogen) atoms. The van der Waals surface area contributed by atoms with Gasteiger partial charge in [0, 0.05) is 6.04 Å². The lowest BCUT2D eigenvalue weighted by Crippen LogP contribution is -2.28. The smallest absolute Gasteiger partial charge is 0.244 e. The van der Waals surface area contributed by atoms with Crippen molar-refractivity contribution in [2.24, 2.45) is 5.92 Å². The first-order valence-corrected chi connectivity index (χ1v) is 7.15. The first-order valence-electron chi connectivity index (χ1n) is 5.66. The normalized spacial score (nSPS) is 23.9. The van der Waals surface area contributed by atoms with Crippen LogP contribution in [0, 0.1) is 12.8 Å². The Morgan fingerprint density at radius 3 is 2.82 bits per heavy atom. The minimum Gasteiger partial charge on any atom is -0.390 e. The Bertz CT molecular complexity index is 509. The van der Waals surface area contributed by atoms with Crippen molar-refractivity contribution in [3.05, 3.63) is 11.4 Å². The Kier molecular flexibility index (Phi) is 3.24. The maximum Gasteiger partial charge on any atom is 0.244 e. The number of nitrogens with one attached hydrogen (secondary N) is 2. The maximum absolute atomic E-state index is 12.1. The second-order valence-electron chi connectivity index (χ2n) is 4.41. The van der Waals surface area contributed by atoms with E-state index in [2.05, 4.69) is 14.9 Å². The monoisotopic (exact) mass is 259 g/mol. The van der Waals surface area contributed by atoms with Crippen LogP contribution < -0.4 is 4.72 Å². The van der Waals surface area contributed by atoms with Crippen molar-refractivity contribution in [3.8, 4) is 0 Å². The molecule has 2 rings (SSSR count). The van der Waals surface area contributed by atoms with Crippen LogP contribution in [0.15, 0.2) is 4.90 Å². The predicted octanol–water partition coefficient (Wildman–Crippen LogP) is 0.287. The van der Waals surface area contributed by atoms with E-state index in [4.69, 9.17) is 5.11 Å². The van der Waals surface area contributed by atoms with E-state index in [-0.39, 0.29) is 23.2 Å². The summed E-state index contributed by atoms with van der Waals surface area (Å²) >= 11 is 0. The van der Waals surface area contributed by atoms with E-state index in [1.807, 2.05) is 6.92 Å². The van der Waals surface area contributed by atoms with Gasteiger partial charge in [-0.05, 0) is 19.3 Å². The lowest BCUT2D eigenvalue weighted by Gasteiger charge is -2.06. The number of aromatic amines is 1. The summed E-state index contributed by atoms with van der Waals surface area (Å²) in [5.41, 5.74) is 0.624. The van der Waals surface area contributed by atoms with Gasteiger partial charge in [0.25, 0.3) is 0 Å². The number of sulfonamides is 1. The standard InChI is InChI=1S/C10H17N3O3S/c1-3-7-4-8(7)13-17(15,16)10-6(2)11-12-9(10)5-14/h7-8,13-14H,3-5H2,1-2H3,(H,11,12). The second-order valence-corrected chi connectivity index (χ2v) is 6.07. The Morgan fingerprint density at radius 1 is 1.59 bits per heavy atom. The Hall–Kier alpha value is -0.920. The number of aromatic nitrogens is 2. The topological polar surface area (TPSA) is 95.1 Å². The molecule has 1 fully saturated rings. The molecule has 2 unspecified atom stereocenters. The molecule has 96 valence electrons. The molecule has 2 atom stereocenters. The van der Waals surface area contributed by atoms with Gasteiger partial charge in [0.15, 0.2) is 0 Å². The van der Waals surface area contributed by atoms with Crippen LogP contribution in [0.5, 0.6) is 0 Å². The minimum atomic E-state index is -3.57. The van der Waals surface area contributed by atoms with Crippen molar-refractivity contribution < 1.29 is 13.5 Å². The molecule has 0 spiro atoms. The fraction of sp³-hybridized carbons (Fsp3) is 0.700. The summed E-state index contributed by atoms with van der Waals surface area (Å²) in [6, 6.07) is 0.0332. The quantitative estimate of drug-likeness (QED) is 0.708. The molecule has 0 amide bonds. The first kappa shape index (κ1) is 12.5. The third kappa shape index (κ3) is 2.36. The van der Waals surface area contributed by atoms with E-state index in [1.165, 1.54) is 0 Å². The van der Waals surface area contributed by atoms with Gasteiger partial charge in [-0.2, -0.15) is 5.10 Å². The zero-order valence-electron chi connectivity index (χ0n) is 9.90. The highest BCUT2D eigenvalue weighted by Gasteiger charge is 2.39. The number of hydrogen-bond donors (Lipinski definition) is 3. The highest BCUT2D eigenvalue weighted by atomic mass is 32.2. The summed E-state index contributed by atoms with van der Waals surface area (Å²) in [6.07, 6.45) is 1.87. The number of aliphatic hydroxyl groups excluding tert-OH is 1. The Balaban J connectivity index is 2.23. The fourth-order valence-corrected chi connectivity index (χ4v) is 3.71. The molecule has 0 bridgehead atoms. The number of rotatable bonds is 5. The summed E-state index contributed by atoms with van der Waals surface area (Å²) < 4.78 is 26.9. The third-order valence-corrected chi connectivity index (χ3v) is 4.83. The molecule has 3 N–H and O–H groups in total. The summed E-state index contributed by atoms with van der Waals surface area (Å²) in [6.45, 7) is 3.29. The van der Waals surface area contributed by atoms with Gasteiger partial charge in [-0.25, -0.2) is 13.1 Å². The molecule has 1 aromatic heterocycles. The van der Waals surface area contributed by atoms with Crippen LogP contribution in [-0.2, 0) is 16.6 Å². The number of hydrogen-bond acceptors (Lipinski definition) is 4. The number of H-pyrrole nitrogens is 1. The van der Waals surface area contributed by atoms with Crippen molar-refractivity contribution in [2.75, 3.05) is 0 Å². The third-order valence-electron chi connectivity index (χ3n) is 3.13. The number of nitrogens with zero attached hydrogens (tertiary/aromatic N) is 1. The zero-order chi connectivity index (χ0) is 12.6. The van der Waals surface area contributed by atoms with Crippen molar-refractivity contribution in [3.63, 3.8) is 0 Å². The Labute approximate surface area is 100 Å². The molecule has 1 heterocycles. The Morgan fingerprint density at radius 2 is 2.29 bits per heavy atom. The van der Waals surface area contributed by atoms with Crippen LogP contribution in [0.4, 0.5) is 0 Å². The predicted molar refractivity (Wildman–Crippen MR) is 61.8 cm³/mol. The van der Waals surface area contributed by atoms with Gasteiger partial charge in [0.05, 0.1) is 12.3 Å². The first-order chi connectivity index (χ1) is 7.99. The molecule has 0 aromatic carbocycles. The largest absolute Gasteiger partial charge is 0.390 e. The van der Waals surface area contributed by atoms with Gasteiger partial charge < -0.3 is 5.11 Å². The van der Waals surface area contributed by atoms with Crippen LogP contribution in [0.25, 0.3) is 0 Å². The van der Waals surface area contributed by atoms with E-state index in [0.29, 0.717) is 11.6 Å². The molecule has 6 nitrogen and oxygen atoms in total. The average molecular weight is 259 g/mol. The summed E-state index contributed by atoms with van der Waals surface area (Å²) in [7, 11) is -3.57. The molecular formula is C10H17N3O3S. The van der Waals surface area contributed by atoms with Crippen molar-refractivity contribution >= 4 is 10.0 Å². The lowest BCUT2D eigenvalue weighted by atomic mass is 10.3. The number of aryl methyl sites for hydroxylation is 1. The molecule has 0 saturated heterocycles. The summed E-state index contributed by atoms with van der Waals surface area (Å²) in [5.74, 6) is 0.439. The van der Waals surface area contributed by atoms with E-state index in [1.54, 1.807) is 6.92 Å². The van der Waals surface area contributed by atoms with Crippen molar-refractivity contribution in [1.29, 1.82) is 0 Å². The van der Waals surface area contributed by atoms with Crippen LogP contribution in [0.3, 0.4) is 0 Å². The highest BCUT2D eigenvalue weighted by molar-refractivity contribution is 7.89. The van der Waals surface area contributed by atoms with Crippen LogP contribution in [-0.4, -0.2) is 29.8 Å². The average Bonchev–Trinajstić information content (AvgIpc) is 2.88. The van der Waals surface area contributed by atoms with E-state index in [0.717, 1.165) is 12.8 Å². The SMILES string of the molecule is CCC1CC1NS(=O)(=O)c1c(CO)n[nH]c1C. The van der Waals surface area contributed by atoms with Gasteiger partial charge in [-0.15, -0.1) is 0 Å². The lowest BCUT2D eigenvalue weighted by molar-refractivity contribution is 0.273. The molecule has 0 aliphatic heterocycles. The zero-order valence-corrected chi connectivity index (χ0v) is 10.7.